The van der Waals surface area contributed by atoms with Gasteiger partial charge in [0.15, 0.2) is 0 Å². The van der Waals surface area contributed by atoms with Gasteiger partial charge < -0.3 is 4.98 Å². The van der Waals surface area contributed by atoms with Crippen LogP contribution in [0.15, 0.2) is 53.4 Å². The lowest BCUT2D eigenvalue weighted by Gasteiger charge is -1.96. The molecule has 1 aromatic heterocycles. The molecule has 0 bridgehead atoms. The topological polar surface area (TPSA) is 67.4 Å². The third-order valence-electron chi connectivity index (χ3n) is 2.66. The zero-order valence-electron chi connectivity index (χ0n) is 9.74. The summed E-state index contributed by atoms with van der Waals surface area (Å²) in [7, 11) is 0. The Bertz CT molecular complexity index is 685. The van der Waals surface area contributed by atoms with Crippen LogP contribution in [0.1, 0.15) is 0 Å². The maximum absolute atomic E-state index is 8.13. The number of hydrogen-bond acceptors (Lipinski definition) is 5. The summed E-state index contributed by atoms with van der Waals surface area (Å²) in [4.78, 5) is 8.56. The quantitative estimate of drug-likeness (QED) is 0.432. The molecular weight excluding hydrogens is 264 g/mol. The molecule has 0 aliphatic carbocycles. The number of aromatic nitrogens is 2. The molecule has 0 amide bonds. The van der Waals surface area contributed by atoms with Crippen molar-refractivity contribution in [2.45, 2.75) is 4.90 Å². The number of nitrogens with one attached hydrogen (secondary N) is 1. The van der Waals surface area contributed by atoms with Gasteiger partial charge in [0.25, 0.3) is 0 Å². The van der Waals surface area contributed by atoms with Gasteiger partial charge in [-0.05, 0) is 18.2 Å². The minimum atomic E-state index is 0.796. The largest absolute Gasteiger partial charge is 0.338 e. The summed E-state index contributed by atoms with van der Waals surface area (Å²) in [5, 5.41) is 11.7. The molecule has 0 spiro atoms. The van der Waals surface area contributed by atoms with Crippen molar-refractivity contribution in [2.75, 3.05) is 0 Å². The molecule has 0 fully saturated rings. The standard InChI is InChI=1S/C13H10N2O3S/c16-17-18-19-10-6-7-11-12(8-10)15-13(14-11)9-4-2-1-3-5-9/h1-8,16H,(H,14,15). The van der Waals surface area contributed by atoms with Crippen molar-refractivity contribution >= 4 is 23.1 Å². The molecule has 6 heteroatoms. The van der Waals surface area contributed by atoms with Crippen molar-refractivity contribution in [1.82, 2.24) is 9.97 Å². The fourth-order valence-electron chi connectivity index (χ4n) is 1.83. The number of H-pyrrole nitrogens is 1. The molecule has 0 saturated heterocycles. The molecule has 0 unspecified atom stereocenters. The Morgan fingerprint density at radius 1 is 1.11 bits per heavy atom. The van der Waals surface area contributed by atoms with E-state index in [-0.39, 0.29) is 0 Å². The van der Waals surface area contributed by atoms with Crippen molar-refractivity contribution in [3.63, 3.8) is 0 Å². The number of rotatable bonds is 4. The molecule has 0 saturated carbocycles. The first-order valence-electron chi connectivity index (χ1n) is 5.57. The van der Waals surface area contributed by atoms with E-state index >= 15 is 0 Å². The lowest BCUT2D eigenvalue weighted by atomic mass is 10.2. The molecule has 0 radical (unpaired) electrons. The highest BCUT2D eigenvalue weighted by Gasteiger charge is 2.06. The van der Waals surface area contributed by atoms with E-state index < -0.39 is 0 Å². The van der Waals surface area contributed by atoms with Crippen LogP contribution in [0.3, 0.4) is 0 Å². The molecule has 2 aromatic carbocycles. The predicted octanol–water partition coefficient (Wildman–Crippen LogP) is 3.66. The molecule has 0 aliphatic heterocycles. The number of hydrogen-bond donors (Lipinski definition) is 2. The van der Waals surface area contributed by atoms with Gasteiger partial charge in [-0.2, -0.15) is 0 Å². The fourth-order valence-corrected chi connectivity index (χ4v) is 2.23. The Morgan fingerprint density at radius 3 is 2.74 bits per heavy atom. The molecule has 96 valence electrons. The minimum Gasteiger partial charge on any atom is -0.338 e. The Hall–Kier alpha value is -1.86. The number of benzene rings is 2. The van der Waals surface area contributed by atoms with Crippen molar-refractivity contribution in [3.8, 4) is 11.4 Å². The molecule has 19 heavy (non-hydrogen) atoms. The first-order chi connectivity index (χ1) is 9.36. The Morgan fingerprint density at radius 2 is 1.95 bits per heavy atom. The van der Waals surface area contributed by atoms with Gasteiger partial charge in [0.1, 0.15) is 5.82 Å². The normalized spacial score (nSPS) is 11.0. The lowest BCUT2D eigenvalue weighted by molar-refractivity contribution is -0.432. The van der Waals surface area contributed by atoms with Crippen LogP contribution in [0, 0.1) is 0 Å². The third-order valence-corrected chi connectivity index (χ3v) is 3.24. The Balaban J connectivity index is 1.97. The van der Waals surface area contributed by atoms with Crippen LogP contribution in [0.2, 0.25) is 0 Å². The average molecular weight is 274 g/mol. The van der Waals surface area contributed by atoms with E-state index in [0.717, 1.165) is 39.4 Å². The zero-order valence-corrected chi connectivity index (χ0v) is 10.6. The van der Waals surface area contributed by atoms with E-state index in [4.69, 9.17) is 5.26 Å². The molecule has 0 atom stereocenters. The van der Waals surface area contributed by atoms with Crippen molar-refractivity contribution in [3.05, 3.63) is 48.5 Å². The number of nitrogens with zero attached hydrogens (tertiary/aromatic N) is 1. The highest BCUT2D eigenvalue weighted by Crippen LogP contribution is 2.25. The van der Waals surface area contributed by atoms with Gasteiger partial charge in [-0.25, -0.2) is 10.2 Å². The maximum Gasteiger partial charge on any atom is 0.138 e. The van der Waals surface area contributed by atoms with Crippen LogP contribution in [-0.2, 0) is 9.37 Å². The van der Waals surface area contributed by atoms with Gasteiger partial charge in [-0.3, -0.25) is 0 Å². The summed E-state index contributed by atoms with van der Waals surface area (Å²) in [5.41, 5.74) is 2.79. The summed E-state index contributed by atoms with van der Waals surface area (Å²) in [5.74, 6) is 0.817. The molecule has 3 rings (SSSR count). The van der Waals surface area contributed by atoms with E-state index in [1.807, 2.05) is 48.5 Å². The monoisotopic (exact) mass is 274 g/mol. The van der Waals surface area contributed by atoms with E-state index in [1.165, 1.54) is 0 Å². The maximum atomic E-state index is 8.13. The minimum absolute atomic E-state index is 0.796. The second-order valence-electron chi connectivity index (χ2n) is 3.86. The van der Waals surface area contributed by atoms with Crippen LogP contribution < -0.4 is 0 Å². The highest BCUT2D eigenvalue weighted by molar-refractivity contribution is 7.94. The smallest absolute Gasteiger partial charge is 0.138 e. The zero-order chi connectivity index (χ0) is 13.1. The van der Waals surface area contributed by atoms with Crippen LogP contribution in [0.4, 0.5) is 0 Å². The summed E-state index contributed by atoms with van der Waals surface area (Å²) < 4.78 is 4.40. The second kappa shape index (κ2) is 5.41. The molecule has 3 aromatic rings. The van der Waals surface area contributed by atoms with Crippen LogP contribution in [-0.4, -0.2) is 15.2 Å². The molecule has 5 nitrogen and oxygen atoms in total. The van der Waals surface area contributed by atoms with E-state index in [9.17, 15) is 0 Å². The van der Waals surface area contributed by atoms with Gasteiger partial charge in [0.2, 0.25) is 0 Å². The summed E-state index contributed by atoms with van der Waals surface area (Å²) in [6, 6.07) is 15.5. The Kier molecular flexibility index (Phi) is 3.47. The highest BCUT2D eigenvalue weighted by atomic mass is 32.2. The summed E-state index contributed by atoms with van der Waals surface area (Å²) in [6.45, 7) is 0. The van der Waals surface area contributed by atoms with Crippen LogP contribution >= 0.6 is 12.0 Å². The van der Waals surface area contributed by atoms with Crippen LogP contribution in [0.5, 0.6) is 0 Å². The summed E-state index contributed by atoms with van der Waals surface area (Å²) >= 11 is 0.920. The van der Waals surface area contributed by atoms with E-state index in [2.05, 4.69) is 19.3 Å². The Labute approximate surface area is 113 Å². The predicted molar refractivity (Wildman–Crippen MR) is 72.2 cm³/mol. The van der Waals surface area contributed by atoms with Crippen molar-refractivity contribution < 1.29 is 14.6 Å². The molecule has 2 N–H and O–H groups in total. The van der Waals surface area contributed by atoms with Gasteiger partial charge in [0, 0.05) is 10.5 Å². The number of fused-ring (bicyclic) bond motifs is 1. The SMILES string of the molecule is OOOSc1ccc2nc(-c3ccccc3)[nH]c2c1. The first kappa shape index (κ1) is 12.2. The molecule has 0 aliphatic rings. The van der Waals surface area contributed by atoms with Gasteiger partial charge in [-0.15, -0.1) is 4.33 Å². The summed E-state index contributed by atoms with van der Waals surface area (Å²) in [6.07, 6.45) is 0. The molecule has 1 heterocycles. The third kappa shape index (κ3) is 2.61. The fraction of sp³-hybridized carbons (Fsp3) is 0. The number of imidazole rings is 1. The van der Waals surface area contributed by atoms with Crippen molar-refractivity contribution in [1.29, 1.82) is 0 Å². The van der Waals surface area contributed by atoms with Crippen LogP contribution in [0.25, 0.3) is 22.4 Å². The second-order valence-corrected chi connectivity index (χ2v) is 4.63. The van der Waals surface area contributed by atoms with Crippen molar-refractivity contribution in [2.24, 2.45) is 0 Å². The average Bonchev–Trinajstić information content (AvgIpc) is 2.89. The van der Waals surface area contributed by atoms with E-state index in [0.29, 0.717) is 0 Å². The lowest BCUT2D eigenvalue weighted by Crippen LogP contribution is -1.79. The van der Waals surface area contributed by atoms with E-state index in [1.54, 1.807) is 0 Å². The van der Waals surface area contributed by atoms with Gasteiger partial charge >= 0.3 is 0 Å². The first-order valence-corrected chi connectivity index (χ1v) is 6.31. The van der Waals surface area contributed by atoms with Gasteiger partial charge in [0.05, 0.1) is 23.1 Å². The number of aromatic amines is 1. The molecular formula is C13H10N2O3S. The van der Waals surface area contributed by atoms with Gasteiger partial charge in [-0.1, -0.05) is 35.4 Å².